The Morgan fingerprint density at radius 2 is 1.83 bits per heavy atom. The topological polar surface area (TPSA) is 26.3 Å². The van der Waals surface area contributed by atoms with Crippen molar-refractivity contribution in [2.45, 2.75) is 0 Å². The molecule has 0 saturated heterocycles. The molecule has 0 aromatic carbocycles. The predicted molar refractivity (Wildman–Crippen MR) is 31.4 cm³/mol. The van der Waals surface area contributed by atoms with Gasteiger partial charge in [-0.1, -0.05) is 0 Å². The summed E-state index contributed by atoms with van der Waals surface area (Å²) < 4.78 is 14.4. The summed E-state index contributed by atoms with van der Waals surface area (Å²) in [5.74, 6) is 0. The SMILES string of the molecule is CO[As](=O)(S)S. The first kappa shape index (κ1) is 7.02. The van der Waals surface area contributed by atoms with Gasteiger partial charge >= 0.3 is 47.9 Å². The van der Waals surface area contributed by atoms with Gasteiger partial charge in [0.2, 0.25) is 0 Å². The van der Waals surface area contributed by atoms with E-state index in [-0.39, 0.29) is 0 Å². The molecule has 0 saturated carbocycles. The molecular formula is CH5AsO2S2. The summed E-state index contributed by atoms with van der Waals surface area (Å²) in [6.07, 6.45) is 0. The Bertz CT molecular complexity index is 75.6. The molecular weight excluding hydrogens is 183 g/mol. The van der Waals surface area contributed by atoms with Crippen LogP contribution in [0.15, 0.2) is 0 Å². The van der Waals surface area contributed by atoms with Crippen molar-refractivity contribution in [3.05, 3.63) is 0 Å². The Morgan fingerprint density at radius 1 is 1.67 bits per heavy atom. The van der Waals surface area contributed by atoms with Crippen LogP contribution in [-0.2, 0) is 7.47 Å². The Morgan fingerprint density at radius 3 is 1.83 bits per heavy atom. The Labute approximate surface area is 48.1 Å². The van der Waals surface area contributed by atoms with E-state index in [0.717, 1.165) is 0 Å². The second-order valence-corrected chi connectivity index (χ2v) is 10.6. The summed E-state index contributed by atoms with van der Waals surface area (Å²) in [5, 5.41) is 0. The second kappa shape index (κ2) is 2.36. The van der Waals surface area contributed by atoms with E-state index in [2.05, 4.69) is 25.5 Å². The summed E-state index contributed by atoms with van der Waals surface area (Å²) in [6.45, 7) is 0. The van der Waals surface area contributed by atoms with Crippen molar-refractivity contribution < 1.29 is 7.47 Å². The summed E-state index contributed by atoms with van der Waals surface area (Å²) in [5.41, 5.74) is 0. The van der Waals surface area contributed by atoms with Gasteiger partial charge in [-0.25, -0.2) is 0 Å². The average molecular weight is 188 g/mol. The molecule has 0 aliphatic heterocycles. The molecule has 0 aliphatic carbocycles. The molecule has 0 spiro atoms. The van der Waals surface area contributed by atoms with Gasteiger partial charge in [0.25, 0.3) is 0 Å². The first-order valence-electron chi connectivity index (χ1n) is 1.17. The fourth-order valence-corrected chi connectivity index (χ4v) is 0. The monoisotopic (exact) mass is 188 g/mol. The maximum atomic E-state index is 10.2. The fourth-order valence-electron chi connectivity index (χ4n) is 0. The van der Waals surface area contributed by atoms with Crippen molar-refractivity contribution in [3.8, 4) is 0 Å². The van der Waals surface area contributed by atoms with Crippen LogP contribution >= 0.6 is 21.8 Å². The Balaban J connectivity index is 3.48. The first-order chi connectivity index (χ1) is 2.56. The summed E-state index contributed by atoms with van der Waals surface area (Å²) in [4.78, 5) is 0. The summed E-state index contributed by atoms with van der Waals surface area (Å²) in [7, 11) is 8.35. The molecule has 38 valence electrons. The van der Waals surface area contributed by atoms with Crippen LogP contribution < -0.4 is 0 Å². The minimum atomic E-state index is -3.27. The van der Waals surface area contributed by atoms with E-state index < -0.39 is 11.5 Å². The second-order valence-electron chi connectivity index (χ2n) is 0.673. The first-order valence-corrected chi connectivity index (χ1v) is 8.54. The van der Waals surface area contributed by atoms with Gasteiger partial charge in [-0.15, -0.1) is 0 Å². The third-order valence-corrected chi connectivity index (χ3v) is 2.93. The van der Waals surface area contributed by atoms with Crippen molar-refractivity contribution in [3.63, 3.8) is 0 Å². The molecule has 5 heteroatoms. The van der Waals surface area contributed by atoms with E-state index >= 15 is 0 Å². The zero-order chi connectivity index (χ0) is 5.21. The van der Waals surface area contributed by atoms with Crippen LogP contribution in [0, 0.1) is 0 Å². The Hall–Kier alpha value is 1.02. The third kappa shape index (κ3) is 5.02. The van der Waals surface area contributed by atoms with Crippen molar-refractivity contribution in [1.29, 1.82) is 0 Å². The molecule has 0 aromatic rings. The van der Waals surface area contributed by atoms with Gasteiger partial charge in [0, 0.05) is 0 Å². The van der Waals surface area contributed by atoms with Crippen molar-refractivity contribution in [1.82, 2.24) is 0 Å². The number of hydrogen-bond donors (Lipinski definition) is 2. The molecule has 0 atom stereocenters. The molecule has 0 fully saturated rings. The molecule has 0 unspecified atom stereocenters. The number of thiol groups is 2. The molecule has 2 nitrogen and oxygen atoms in total. The van der Waals surface area contributed by atoms with Crippen molar-refractivity contribution >= 4 is 33.3 Å². The van der Waals surface area contributed by atoms with Crippen LogP contribution in [0.2, 0.25) is 0 Å². The van der Waals surface area contributed by atoms with E-state index in [9.17, 15) is 3.74 Å². The standard InChI is InChI=1S/CH5AsO2S2/c1-4-2(3,5)6/h1H3,(H2,3,5,6). The number of hydrogen-bond acceptors (Lipinski definition) is 2. The van der Waals surface area contributed by atoms with Gasteiger partial charge in [0.1, 0.15) is 0 Å². The number of rotatable bonds is 1. The molecule has 0 aromatic heterocycles. The molecule has 0 amide bonds. The zero-order valence-electron chi connectivity index (χ0n) is 3.16. The van der Waals surface area contributed by atoms with Crippen LogP contribution in [0.1, 0.15) is 0 Å². The third-order valence-electron chi connectivity index (χ3n) is 0.238. The van der Waals surface area contributed by atoms with E-state index in [0.29, 0.717) is 0 Å². The average Bonchev–Trinajstić information content (AvgIpc) is 1.35. The van der Waals surface area contributed by atoms with E-state index in [1.54, 1.807) is 0 Å². The normalized spacial score (nSPS) is 11.8. The van der Waals surface area contributed by atoms with Crippen LogP contribution in [0.5, 0.6) is 0 Å². The van der Waals surface area contributed by atoms with E-state index in [4.69, 9.17) is 0 Å². The van der Waals surface area contributed by atoms with Crippen molar-refractivity contribution in [2.75, 3.05) is 7.11 Å². The maximum absolute atomic E-state index is 10.2. The van der Waals surface area contributed by atoms with Crippen molar-refractivity contribution in [2.24, 2.45) is 0 Å². The van der Waals surface area contributed by atoms with Gasteiger partial charge in [0.15, 0.2) is 0 Å². The van der Waals surface area contributed by atoms with Crippen LogP contribution in [0.3, 0.4) is 0 Å². The van der Waals surface area contributed by atoms with Gasteiger partial charge in [0.05, 0.1) is 0 Å². The summed E-state index contributed by atoms with van der Waals surface area (Å²) >= 11 is -3.27. The molecule has 0 radical (unpaired) electrons. The van der Waals surface area contributed by atoms with E-state index in [1.165, 1.54) is 7.11 Å². The molecule has 0 aliphatic rings. The predicted octanol–water partition coefficient (Wildman–Crippen LogP) is 0.358. The molecule has 0 rings (SSSR count). The zero-order valence-corrected chi connectivity index (χ0v) is 6.82. The fraction of sp³-hybridized carbons (Fsp3) is 1.00. The van der Waals surface area contributed by atoms with Crippen LogP contribution in [0.4, 0.5) is 0 Å². The van der Waals surface area contributed by atoms with Gasteiger partial charge in [-0.3, -0.25) is 0 Å². The minimum absolute atomic E-state index is 1.32. The van der Waals surface area contributed by atoms with Gasteiger partial charge < -0.3 is 0 Å². The molecule has 6 heavy (non-hydrogen) atoms. The Kier molecular flexibility index (Phi) is 2.76. The summed E-state index contributed by atoms with van der Waals surface area (Å²) in [6, 6.07) is 0. The molecule has 0 bridgehead atoms. The van der Waals surface area contributed by atoms with E-state index in [1.807, 2.05) is 0 Å². The molecule has 0 N–H and O–H groups in total. The van der Waals surface area contributed by atoms with Crippen LogP contribution in [0.25, 0.3) is 0 Å². The van der Waals surface area contributed by atoms with Gasteiger partial charge in [-0.05, 0) is 0 Å². The quantitative estimate of drug-likeness (QED) is 0.459. The molecule has 0 heterocycles. The van der Waals surface area contributed by atoms with Crippen LogP contribution in [-0.4, -0.2) is 18.6 Å². The van der Waals surface area contributed by atoms with Gasteiger partial charge in [-0.2, -0.15) is 0 Å².